The molecule has 0 heterocycles. The summed E-state index contributed by atoms with van der Waals surface area (Å²) in [7, 11) is 0. The lowest BCUT2D eigenvalue weighted by molar-refractivity contribution is 0.558. The Morgan fingerprint density at radius 2 is 1.31 bits per heavy atom. The maximum Gasteiger partial charge on any atom is 0.108 e. The fourth-order valence-corrected chi connectivity index (χ4v) is 1.47. The van der Waals surface area contributed by atoms with Crippen LogP contribution in [0.2, 0.25) is 0 Å². The molecule has 1 heteroatoms. The number of alkyl halides is 1. The topological polar surface area (TPSA) is 0 Å². The van der Waals surface area contributed by atoms with Crippen molar-refractivity contribution in [3.63, 3.8) is 0 Å². The van der Waals surface area contributed by atoms with Crippen molar-refractivity contribution in [1.29, 1.82) is 0 Å². The number of allylic oxidation sites excluding steroid dienone is 6. The first-order chi connectivity index (χ1) is 7.56. The van der Waals surface area contributed by atoms with Crippen LogP contribution in [0.1, 0.15) is 53.4 Å². The van der Waals surface area contributed by atoms with Gasteiger partial charge in [0.05, 0.1) is 0 Å². The zero-order valence-corrected chi connectivity index (χ0v) is 11.1. The summed E-state index contributed by atoms with van der Waals surface area (Å²) in [6.45, 7) is 8.09. The van der Waals surface area contributed by atoms with Crippen LogP contribution in [-0.4, -0.2) is 6.67 Å². The smallest absolute Gasteiger partial charge is 0.108 e. The molecule has 0 aliphatic carbocycles. The molecule has 0 aliphatic rings. The van der Waals surface area contributed by atoms with Gasteiger partial charge in [-0.2, -0.15) is 0 Å². The fraction of sp³-hybridized carbons (Fsp3) is 0.600. The molecule has 0 N–H and O–H groups in total. The van der Waals surface area contributed by atoms with Gasteiger partial charge in [-0.15, -0.1) is 0 Å². The third kappa shape index (κ3) is 9.70. The van der Waals surface area contributed by atoms with E-state index in [9.17, 15) is 4.39 Å². The number of hydrogen-bond acceptors (Lipinski definition) is 0. The van der Waals surface area contributed by atoms with Gasteiger partial charge in [-0.3, -0.25) is 0 Å². The number of rotatable bonds is 7. The van der Waals surface area contributed by atoms with Crippen LogP contribution in [0.3, 0.4) is 0 Å². The molecular weight excluding hydrogens is 199 g/mol. The van der Waals surface area contributed by atoms with Gasteiger partial charge in [0.2, 0.25) is 0 Å². The molecule has 0 bridgehead atoms. The molecule has 92 valence electrons. The van der Waals surface area contributed by atoms with Crippen molar-refractivity contribution in [2.75, 3.05) is 6.67 Å². The second-order valence-corrected chi connectivity index (χ2v) is 4.61. The van der Waals surface area contributed by atoms with Crippen LogP contribution in [0.25, 0.3) is 0 Å². The van der Waals surface area contributed by atoms with Crippen molar-refractivity contribution in [1.82, 2.24) is 0 Å². The molecule has 0 fully saturated rings. The van der Waals surface area contributed by atoms with Crippen molar-refractivity contribution in [2.24, 2.45) is 0 Å². The highest BCUT2D eigenvalue weighted by atomic mass is 19.1. The number of hydrogen-bond donors (Lipinski definition) is 0. The minimum Gasteiger partial charge on any atom is -0.247 e. The zero-order valence-electron chi connectivity index (χ0n) is 11.1. The van der Waals surface area contributed by atoms with E-state index in [4.69, 9.17) is 0 Å². The second-order valence-electron chi connectivity index (χ2n) is 4.61. The highest BCUT2D eigenvalue weighted by Crippen LogP contribution is 2.11. The highest BCUT2D eigenvalue weighted by Gasteiger charge is 1.91. The number of halogens is 1. The Morgan fingerprint density at radius 1 is 0.812 bits per heavy atom. The van der Waals surface area contributed by atoms with Crippen LogP contribution in [0.15, 0.2) is 34.9 Å². The van der Waals surface area contributed by atoms with E-state index in [1.165, 1.54) is 11.1 Å². The Labute approximate surface area is 99.9 Å². The molecule has 0 unspecified atom stereocenters. The molecule has 0 saturated heterocycles. The molecule has 0 spiro atoms. The molecule has 0 nitrogen and oxygen atoms in total. The quantitative estimate of drug-likeness (QED) is 0.510. The molecule has 0 saturated carbocycles. The molecule has 0 amide bonds. The van der Waals surface area contributed by atoms with Crippen LogP contribution < -0.4 is 0 Å². The summed E-state index contributed by atoms with van der Waals surface area (Å²) in [5.74, 6) is 0. The third-order valence-electron chi connectivity index (χ3n) is 2.55. The van der Waals surface area contributed by atoms with Crippen molar-refractivity contribution < 1.29 is 4.39 Å². The molecule has 0 aromatic rings. The highest BCUT2D eigenvalue weighted by molar-refractivity contribution is 5.05. The molecule has 0 rings (SSSR count). The Bertz CT molecular complexity index is 265. The lowest BCUT2D eigenvalue weighted by Gasteiger charge is -2.00. The van der Waals surface area contributed by atoms with E-state index in [2.05, 4.69) is 32.9 Å². The maximum absolute atomic E-state index is 12.0. The summed E-state index contributed by atoms with van der Waals surface area (Å²) >= 11 is 0. The van der Waals surface area contributed by atoms with Gasteiger partial charge < -0.3 is 0 Å². The van der Waals surface area contributed by atoms with Gasteiger partial charge in [-0.05, 0) is 53.4 Å². The zero-order chi connectivity index (χ0) is 12.4. The molecule has 0 radical (unpaired) electrons. The van der Waals surface area contributed by atoms with E-state index in [1.54, 1.807) is 6.08 Å². The van der Waals surface area contributed by atoms with Crippen LogP contribution in [0.4, 0.5) is 4.39 Å². The summed E-state index contributed by atoms with van der Waals surface area (Å²) < 4.78 is 12.0. The van der Waals surface area contributed by atoms with Crippen LogP contribution in [-0.2, 0) is 0 Å². The van der Waals surface area contributed by atoms with E-state index >= 15 is 0 Å². The lowest BCUT2D eigenvalue weighted by atomic mass is 10.1. The van der Waals surface area contributed by atoms with Gasteiger partial charge in [0, 0.05) is 0 Å². The van der Waals surface area contributed by atoms with E-state index in [1.807, 2.05) is 6.92 Å². The van der Waals surface area contributed by atoms with Crippen LogP contribution in [0.5, 0.6) is 0 Å². The van der Waals surface area contributed by atoms with Gasteiger partial charge in [-0.25, -0.2) is 4.39 Å². The Kier molecular flexibility index (Phi) is 8.88. The first-order valence-electron chi connectivity index (χ1n) is 6.07. The van der Waals surface area contributed by atoms with E-state index in [-0.39, 0.29) is 6.67 Å². The average Bonchev–Trinajstić information content (AvgIpc) is 2.17. The van der Waals surface area contributed by atoms with E-state index in [0.717, 1.165) is 31.3 Å². The van der Waals surface area contributed by atoms with Gasteiger partial charge in [0.25, 0.3) is 0 Å². The Hall–Kier alpha value is -0.850. The van der Waals surface area contributed by atoms with Crippen LogP contribution in [0, 0.1) is 0 Å². The van der Waals surface area contributed by atoms with Crippen molar-refractivity contribution >= 4 is 0 Å². The second kappa shape index (κ2) is 9.38. The third-order valence-corrected chi connectivity index (χ3v) is 2.55. The largest absolute Gasteiger partial charge is 0.247 e. The molecule has 0 atom stereocenters. The van der Waals surface area contributed by atoms with E-state index in [0.29, 0.717) is 0 Å². The minimum atomic E-state index is -0.338. The first-order valence-corrected chi connectivity index (χ1v) is 6.07. The average molecular weight is 224 g/mol. The van der Waals surface area contributed by atoms with Crippen molar-refractivity contribution in [3.05, 3.63) is 34.9 Å². The van der Waals surface area contributed by atoms with Gasteiger partial charge in [0.15, 0.2) is 0 Å². The van der Waals surface area contributed by atoms with Gasteiger partial charge in [0.1, 0.15) is 6.67 Å². The molecule has 16 heavy (non-hydrogen) atoms. The monoisotopic (exact) mass is 224 g/mol. The van der Waals surface area contributed by atoms with Gasteiger partial charge >= 0.3 is 0 Å². The predicted octanol–water partition coefficient (Wildman–Crippen LogP) is 5.38. The maximum atomic E-state index is 12.0. The lowest BCUT2D eigenvalue weighted by Crippen LogP contribution is -1.81. The minimum absolute atomic E-state index is 0.338. The summed E-state index contributed by atoms with van der Waals surface area (Å²) in [6, 6.07) is 0. The normalized spacial score (nSPS) is 12.8. The molecule has 0 aromatic carbocycles. The standard InChI is InChI=1S/C15H25F/c1-13(2)7-5-8-14(3)9-6-10-15(4)11-12-16/h7,9,11H,5-6,8,10,12H2,1-4H3/b14-9+,15-11+. The predicted molar refractivity (Wildman–Crippen MR) is 71.4 cm³/mol. The summed E-state index contributed by atoms with van der Waals surface area (Å²) in [5.41, 5.74) is 3.97. The van der Waals surface area contributed by atoms with Crippen LogP contribution >= 0.6 is 0 Å². The van der Waals surface area contributed by atoms with Gasteiger partial charge in [-0.1, -0.05) is 34.9 Å². The Morgan fingerprint density at radius 3 is 1.81 bits per heavy atom. The summed E-state index contributed by atoms with van der Waals surface area (Å²) in [6.07, 6.45) is 10.5. The van der Waals surface area contributed by atoms with E-state index < -0.39 is 0 Å². The fourth-order valence-electron chi connectivity index (χ4n) is 1.47. The van der Waals surface area contributed by atoms with Crippen molar-refractivity contribution in [2.45, 2.75) is 53.4 Å². The van der Waals surface area contributed by atoms with Crippen molar-refractivity contribution in [3.8, 4) is 0 Å². The summed E-state index contributed by atoms with van der Waals surface area (Å²) in [4.78, 5) is 0. The SMILES string of the molecule is CC(C)=CCC/C(C)=C/CC/C(C)=C/CF. The molecule has 0 aromatic heterocycles. The molecular formula is C15H25F. The first kappa shape index (κ1) is 15.2. The Balaban J connectivity index is 3.79. The summed E-state index contributed by atoms with van der Waals surface area (Å²) in [5, 5.41) is 0. The molecule has 0 aliphatic heterocycles.